The molecule has 1 saturated heterocycles. The Hall–Kier alpha value is -2.03. The minimum atomic E-state index is -0.242. The van der Waals surface area contributed by atoms with Gasteiger partial charge in [-0.2, -0.15) is 5.10 Å². The van der Waals surface area contributed by atoms with Crippen molar-refractivity contribution in [3.8, 4) is 0 Å². The van der Waals surface area contributed by atoms with Gasteiger partial charge in [-0.15, -0.1) is 24.2 Å². The van der Waals surface area contributed by atoms with Crippen LogP contribution in [0.2, 0.25) is 0 Å². The van der Waals surface area contributed by atoms with Crippen molar-refractivity contribution in [2.45, 2.75) is 24.6 Å². The first-order valence-electron chi connectivity index (χ1n) is 8.96. The maximum absolute atomic E-state index is 12.5. The second kappa shape index (κ2) is 11.1. The number of benzene rings is 1. The highest BCUT2D eigenvalue weighted by Crippen LogP contribution is 2.18. The lowest BCUT2D eigenvalue weighted by Crippen LogP contribution is -2.32. The molecule has 1 aliphatic rings. The average Bonchev–Trinajstić information content (AvgIpc) is 3.19. The van der Waals surface area contributed by atoms with E-state index in [4.69, 9.17) is 0 Å². The summed E-state index contributed by atoms with van der Waals surface area (Å²) >= 11 is 1.47. The molecule has 1 fully saturated rings. The molecule has 3 rings (SSSR count). The van der Waals surface area contributed by atoms with Crippen molar-refractivity contribution in [1.29, 1.82) is 0 Å². The third kappa shape index (κ3) is 6.25. The molecule has 1 atom stereocenters. The van der Waals surface area contributed by atoms with Gasteiger partial charge in [0, 0.05) is 24.2 Å². The molecule has 0 saturated carbocycles. The van der Waals surface area contributed by atoms with Crippen LogP contribution in [-0.4, -0.2) is 47.6 Å². The Morgan fingerprint density at radius 3 is 3.00 bits per heavy atom. The van der Waals surface area contributed by atoms with Gasteiger partial charge in [0.25, 0.3) is 5.91 Å². The number of carbonyl (C=O) groups is 2. The van der Waals surface area contributed by atoms with Crippen molar-refractivity contribution >= 4 is 41.7 Å². The zero-order valence-electron chi connectivity index (χ0n) is 15.7. The van der Waals surface area contributed by atoms with E-state index in [1.54, 1.807) is 6.07 Å². The van der Waals surface area contributed by atoms with Gasteiger partial charge in [-0.3, -0.25) is 14.3 Å². The van der Waals surface area contributed by atoms with Crippen molar-refractivity contribution < 1.29 is 14.3 Å². The van der Waals surface area contributed by atoms with Crippen molar-refractivity contribution in [3.05, 3.63) is 47.8 Å². The molecule has 0 aliphatic carbocycles. The summed E-state index contributed by atoms with van der Waals surface area (Å²) in [6, 6.07) is 9.65. The number of amides is 1. The van der Waals surface area contributed by atoms with E-state index in [9.17, 15) is 9.59 Å². The summed E-state index contributed by atoms with van der Waals surface area (Å²) in [4.78, 5) is 23.7. The Morgan fingerprint density at radius 2 is 2.25 bits per heavy atom. The lowest BCUT2D eigenvalue weighted by Gasteiger charge is -2.22. The molecule has 1 aromatic carbocycles. The van der Waals surface area contributed by atoms with Crippen molar-refractivity contribution in [1.82, 2.24) is 15.1 Å². The molecule has 0 spiro atoms. The summed E-state index contributed by atoms with van der Waals surface area (Å²) in [5, 5.41) is 10.7. The summed E-state index contributed by atoms with van der Waals surface area (Å²) in [5.41, 5.74) is 2.15. The first-order chi connectivity index (χ1) is 13.2. The first kappa shape index (κ1) is 22.3. The van der Waals surface area contributed by atoms with Crippen LogP contribution >= 0.6 is 24.2 Å². The van der Waals surface area contributed by atoms with Gasteiger partial charge in [-0.1, -0.05) is 12.1 Å². The quantitative estimate of drug-likeness (QED) is 0.665. The Balaban J connectivity index is 0.00000280. The van der Waals surface area contributed by atoms with Crippen LogP contribution in [0.4, 0.5) is 5.69 Å². The van der Waals surface area contributed by atoms with Gasteiger partial charge >= 0.3 is 5.97 Å². The molecular weight excluding hydrogens is 400 g/mol. The molecule has 1 aromatic heterocycles. The largest absolute Gasteiger partial charge is 0.468 e. The fourth-order valence-corrected chi connectivity index (χ4v) is 3.77. The predicted molar refractivity (Wildman–Crippen MR) is 113 cm³/mol. The SMILES string of the molecule is COC(=O)CSCc1cccc(NC(=O)c2ccn(C3CCCNC3)n2)c1.Cl. The fraction of sp³-hybridized carbons (Fsp3) is 0.421. The molecule has 1 unspecified atom stereocenters. The maximum Gasteiger partial charge on any atom is 0.315 e. The van der Waals surface area contributed by atoms with Crippen LogP contribution in [0.5, 0.6) is 0 Å². The molecule has 0 bridgehead atoms. The number of hydrogen-bond acceptors (Lipinski definition) is 6. The second-order valence-corrected chi connectivity index (χ2v) is 7.39. The van der Waals surface area contributed by atoms with Crippen molar-refractivity contribution in [2.75, 3.05) is 31.3 Å². The number of rotatable bonds is 7. The van der Waals surface area contributed by atoms with E-state index in [1.165, 1.54) is 18.9 Å². The number of nitrogens with one attached hydrogen (secondary N) is 2. The molecule has 2 aromatic rings. The van der Waals surface area contributed by atoms with E-state index in [0.717, 1.165) is 31.5 Å². The van der Waals surface area contributed by atoms with Crippen molar-refractivity contribution in [2.24, 2.45) is 0 Å². The normalized spacial score (nSPS) is 16.1. The number of esters is 1. The molecule has 2 heterocycles. The van der Waals surface area contributed by atoms with E-state index >= 15 is 0 Å². The number of piperidine rings is 1. The standard InChI is InChI=1S/C19H24N4O3S.ClH/c1-26-18(24)13-27-12-14-4-2-5-15(10-14)21-19(25)17-7-9-23(22-17)16-6-3-8-20-11-16;/h2,4-5,7,9-10,16,20H,3,6,8,11-13H2,1H3,(H,21,25);1H. The molecule has 2 N–H and O–H groups in total. The highest BCUT2D eigenvalue weighted by molar-refractivity contribution is 7.99. The number of nitrogens with zero attached hydrogens (tertiary/aromatic N) is 2. The highest BCUT2D eigenvalue weighted by atomic mass is 35.5. The molecule has 0 radical (unpaired) electrons. The average molecular weight is 425 g/mol. The number of ether oxygens (including phenoxy) is 1. The molecule has 7 nitrogen and oxygen atoms in total. The Bertz CT molecular complexity index is 793. The summed E-state index contributed by atoms with van der Waals surface area (Å²) in [7, 11) is 1.38. The molecular formula is C19H25ClN4O3S. The van der Waals surface area contributed by atoms with Gasteiger partial charge in [0.15, 0.2) is 5.69 Å². The van der Waals surface area contributed by atoms with Crippen LogP contribution in [-0.2, 0) is 15.3 Å². The molecule has 1 amide bonds. The van der Waals surface area contributed by atoms with Crippen LogP contribution in [0.25, 0.3) is 0 Å². The number of halogens is 1. The number of carbonyl (C=O) groups excluding carboxylic acids is 2. The number of aromatic nitrogens is 2. The summed E-state index contributed by atoms with van der Waals surface area (Å²) in [6.45, 7) is 1.92. The summed E-state index contributed by atoms with van der Waals surface area (Å²) in [6.07, 6.45) is 4.06. The van der Waals surface area contributed by atoms with Crippen LogP contribution < -0.4 is 10.6 Å². The van der Waals surface area contributed by atoms with E-state index in [1.807, 2.05) is 35.1 Å². The number of hydrogen-bond donors (Lipinski definition) is 2. The monoisotopic (exact) mass is 424 g/mol. The van der Waals surface area contributed by atoms with Gasteiger partial charge in [0.1, 0.15) is 0 Å². The van der Waals surface area contributed by atoms with Gasteiger partial charge < -0.3 is 15.4 Å². The smallest absolute Gasteiger partial charge is 0.315 e. The highest BCUT2D eigenvalue weighted by Gasteiger charge is 2.17. The Morgan fingerprint density at radius 1 is 1.39 bits per heavy atom. The molecule has 1 aliphatic heterocycles. The number of thioether (sulfide) groups is 1. The topological polar surface area (TPSA) is 85.2 Å². The zero-order chi connectivity index (χ0) is 19.1. The Kier molecular flexibility index (Phi) is 8.82. The maximum atomic E-state index is 12.5. The van der Waals surface area contributed by atoms with E-state index < -0.39 is 0 Å². The fourth-order valence-electron chi connectivity index (χ4n) is 2.97. The third-order valence-corrected chi connectivity index (χ3v) is 5.36. The lowest BCUT2D eigenvalue weighted by molar-refractivity contribution is -0.137. The van der Waals surface area contributed by atoms with Gasteiger partial charge in [0.2, 0.25) is 0 Å². The third-order valence-electron chi connectivity index (χ3n) is 4.39. The summed E-state index contributed by atoms with van der Waals surface area (Å²) in [5.74, 6) is 0.507. The minimum Gasteiger partial charge on any atom is -0.468 e. The van der Waals surface area contributed by atoms with Crippen LogP contribution in [0.15, 0.2) is 36.5 Å². The van der Waals surface area contributed by atoms with Gasteiger partial charge in [-0.05, 0) is 43.1 Å². The molecule has 28 heavy (non-hydrogen) atoms. The second-order valence-electron chi connectivity index (χ2n) is 6.40. The number of methoxy groups -OCH3 is 1. The molecule has 152 valence electrons. The lowest BCUT2D eigenvalue weighted by atomic mass is 10.1. The van der Waals surface area contributed by atoms with E-state index in [2.05, 4.69) is 20.5 Å². The number of anilines is 1. The van der Waals surface area contributed by atoms with Crippen LogP contribution in [0, 0.1) is 0 Å². The predicted octanol–water partition coefficient (Wildman–Crippen LogP) is 2.89. The first-order valence-corrected chi connectivity index (χ1v) is 10.1. The Labute approximate surface area is 175 Å². The van der Waals surface area contributed by atoms with Crippen LogP contribution in [0.3, 0.4) is 0 Å². The van der Waals surface area contributed by atoms with E-state index in [-0.39, 0.29) is 24.3 Å². The van der Waals surface area contributed by atoms with Gasteiger partial charge in [-0.25, -0.2) is 0 Å². The van der Waals surface area contributed by atoms with Crippen LogP contribution in [0.1, 0.15) is 34.9 Å². The van der Waals surface area contributed by atoms with Gasteiger partial charge in [0.05, 0.1) is 18.9 Å². The van der Waals surface area contributed by atoms with E-state index in [0.29, 0.717) is 28.9 Å². The van der Waals surface area contributed by atoms with Crippen molar-refractivity contribution in [3.63, 3.8) is 0 Å². The molecule has 9 heteroatoms. The summed E-state index contributed by atoms with van der Waals surface area (Å²) < 4.78 is 6.51. The minimum absolute atomic E-state index is 0. The zero-order valence-corrected chi connectivity index (χ0v) is 17.4.